The first kappa shape index (κ1) is 14.5. The molecule has 1 atom stereocenters. The molecule has 0 radical (unpaired) electrons. The number of aryl methyl sites for hydroxylation is 2. The summed E-state index contributed by atoms with van der Waals surface area (Å²) >= 11 is 0. The minimum atomic E-state index is -0.0985. The molecule has 1 aromatic rings. The van der Waals surface area contributed by atoms with Crippen molar-refractivity contribution in [3.05, 3.63) is 18.0 Å². The van der Waals surface area contributed by atoms with Crippen LogP contribution in [0.2, 0.25) is 0 Å². The summed E-state index contributed by atoms with van der Waals surface area (Å²) < 4.78 is 7.71. The van der Waals surface area contributed by atoms with Gasteiger partial charge in [-0.1, -0.05) is 25.7 Å². The maximum Gasteiger partial charge on any atom is 0.0828 e. The molecule has 1 aliphatic rings. The molecule has 1 aromatic heterocycles. The summed E-state index contributed by atoms with van der Waals surface area (Å²) in [5.41, 5.74) is 7.63. The molecule has 1 fully saturated rings. The fourth-order valence-corrected chi connectivity index (χ4v) is 3.24. The number of rotatable bonds is 5. The molecule has 0 amide bonds. The monoisotopic (exact) mass is 265 g/mol. The summed E-state index contributed by atoms with van der Waals surface area (Å²) in [5, 5.41) is 4.20. The van der Waals surface area contributed by atoms with Gasteiger partial charge in [-0.15, -0.1) is 0 Å². The van der Waals surface area contributed by atoms with Crippen LogP contribution in [0.25, 0.3) is 0 Å². The molecule has 0 spiro atoms. The Kier molecular flexibility index (Phi) is 4.99. The fourth-order valence-electron chi connectivity index (χ4n) is 3.24. The molecule has 0 bridgehead atoms. The second kappa shape index (κ2) is 6.53. The SMILES string of the molecule is COC1(C(N)CCc2cnn(C)c2)CCCCCC1. The number of hydrogen-bond donors (Lipinski definition) is 1. The van der Waals surface area contributed by atoms with E-state index in [-0.39, 0.29) is 11.6 Å². The summed E-state index contributed by atoms with van der Waals surface area (Å²) in [7, 11) is 3.78. The van der Waals surface area contributed by atoms with Crippen LogP contribution in [0.4, 0.5) is 0 Å². The van der Waals surface area contributed by atoms with Gasteiger partial charge in [-0.3, -0.25) is 4.68 Å². The van der Waals surface area contributed by atoms with Gasteiger partial charge in [0.15, 0.2) is 0 Å². The number of hydrogen-bond acceptors (Lipinski definition) is 3. The molecule has 4 heteroatoms. The summed E-state index contributed by atoms with van der Waals surface area (Å²) in [6.45, 7) is 0. The molecule has 2 rings (SSSR count). The lowest BCUT2D eigenvalue weighted by molar-refractivity contribution is -0.0448. The van der Waals surface area contributed by atoms with Crippen molar-refractivity contribution in [3.8, 4) is 0 Å². The molecule has 4 nitrogen and oxygen atoms in total. The third kappa shape index (κ3) is 3.57. The molecule has 19 heavy (non-hydrogen) atoms. The van der Waals surface area contributed by atoms with E-state index in [1.54, 1.807) is 0 Å². The lowest BCUT2D eigenvalue weighted by Gasteiger charge is -2.37. The van der Waals surface area contributed by atoms with Gasteiger partial charge in [-0.05, 0) is 31.2 Å². The molecular formula is C15H27N3O. The van der Waals surface area contributed by atoms with Crippen molar-refractivity contribution >= 4 is 0 Å². The van der Waals surface area contributed by atoms with Crippen LogP contribution in [-0.4, -0.2) is 28.5 Å². The quantitative estimate of drug-likeness (QED) is 0.832. The smallest absolute Gasteiger partial charge is 0.0828 e. The summed E-state index contributed by atoms with van der Waals surface area (Å²) in [6.07, 6.45) is 13.3. The molecule has 108 valence electrons. The molecule has 1 aliphatic carbocycles. The van der Waals surface area contributed by atoms with Crippen molar-refractivity contribution in [1.29, 1.82) is 0 Å². The summed E-state index contributed by atoms with van der Waals surface area (Å²) in [5.74, 6) is 0. The minimum absolute atomic E-state index is 0.0985. The number of aromatic nitrogens is 2. The van der Waals surface area contributed by atoms with Gasteiger partial charge in [-0.2, -0.15) is 5.10 Å². The third-order valence-corrected chi connectivity index (χ3v) is 4.53. The van der Waals surface area contributed by atoms with Crippen molar-refractivity contribution in [2.45, 2.75) is 63.0 Å². The zero-order chi connectivity index (χ0) is 13.7. The molecule has 1 saturated carbocycles. The molecule has 0 saturated heterocycles. The highest BCUT2D eigenvalue weighted by atomic mass is 16.5. The van der Waals surface area contributed by atoms with Crippen LogP contribution in [0.15, 0.2) is 12.4 Å². The van der Waals surface area contributed by atoms with Gasteiger partial charge < -0.3 is 10.5 Å². The van der Waals surface area contributed by atoms with Gasteiger partial charge >= 0.3 is 0 Å². The lowest BCUT2D eigenvalue weighted by atomic mass is 9.84. The van der Waals surface area contributed by atoms with Crippen LogP contribution >= 0.6 is 0 Å². The Morgan fingerprint density at radius 2 is 2.05 bits per heavy atom. The van der Waals surface area contributed by atoms with E-state index >= 15 is 0 Å². The second-order valence-electron chi connectivity index (χ2n) is 5.85. The number of nitrogens with two attached hydrogens (primary N) is 1. The third-order valence-electron chi connectivity index (χ3n) is 4.53. The Balaban J connectivity index is 1.93. The lowest BCUT2D eigenvalue weighted by Crippen LogP contribution is -2.49. The average Bonchev–Trinajstić information content (AvgIpc) is 2.69. The normalized spacial score (nSPS) is 21.0. The van der Waals surface area contributed by atoms with E-state index in [0.29, 0.717) is 0 Å². The molecule has 1 heterocycles. The first-order valence-electron chi connectivity index (χ1n) is 7.44. The standard InChI is InChI=1S/C15H27N3O/c1-18-12-13(11-17-18)7-8-14(16)15(19-2)9-5-3-4-6-10-15/h11-12,14H,3-10,16H2,1-2H3. The van der Waals surface area contributed by atoms with Crippen LogP contribution in [-0.2, 0) is 18.2 Å². The van der Waals surface area contributed by atoms with E-state index in [2.05, 4.69) is 11.3 Å². The van der Waals surface area contributed by atoms with E-state index < -0.39 is 0 Å². The van der Waals surface area contributed by atoms with Crippen molar-refractivity contribution in [2.75, 3.05) is 7.11 Å². The maximum absolute atomic E-state index is 6.47. The van der Waals surface area contributed by atoms with E-state index in [9.17, 15) is 0 Å². The topological polar surface area (TPSA) is 53.1 Å². The average molecular weight is 265 g/mol. The van der Waals surface area contributed by atoms with Gasteiger partial charge in [0, 0.05) is 26.4 Å². The highest BCUT2D eigenvalue weighted by Crippen LogP contribution is 2.33. The summed E-state index contributed by atoms with van der Waals surface area (Å²) in [6, 6.07) is 0.121. The van der Waals surface area contributed by atoms with Crippen LogP contribution < -0.4 is 5.73 Å². The van der Waals surface area contributed by atoms with Gasteiger partial charge in [0.05, 0.1) is 11.8 Å². The predicted octanol–water partition coefficient (Wildman–Crippen LogP) is 2.42. The molecule has 0 aliphatic heterocycles. The zero-order valence-electron chi connectivity index (χ0n) is 12.3. The van der Waals surface area contributed by atoms with Gasteiger partial charge in [0.1, 0.15) is 0 Å². The first-order valence-corrected chi connectivity index (χ1v) is 7.44. The van der Waals surface area contributed by atoms with Gasteiger partial charge in [0.25, 0.3) is 0 Å². The van der Waals surface area contributed by atoms with Crippen molar-refractivity contribution in [2.24, 2.45) is 12.8 Å². The number of ether oxygens (including phenoxy) is 1. The molecule has 1 unspecified atom stereocenters. The van der Waals surface area contributed by atoms with E-state index in [1.807, 2.05) is 25.0 Å². The Morgan fingerprint density at radius 1 is 1.37 bits per heavy atom. The molecular weight excluding hydrogens is 238 g/mol. The van der Waals surface area contributed by atoms with Crippen LogP contribution in [0, 0.1) is 0 Å². The van der Waals surface area contributed by atoms with E-state index in [1.165, 1.54) is 31.2 Å². The van der Waals surface area contributed by atoms with Gasteiger partial charge in [-0.25, -0.2) is 0 Å². The van der Waals surface area contributed by atoms with Crippen molar-refractivity contribution in [1.82, 2.24) is 9.78 Å². The van der Waals surface area contributed by atoms with Crippen LogP contribution in [0.3, 0.4) is 0 Å². The zero-order valence-corrected chi connectivity index (χ0v) is 12.3. The molecule has 0 aromatic carbocycles. The second-order valence-corrected chi connectivity index (χ2v) is 5.85. The Hall–Kier alpha value is -0.870. The van der Waals surface area contributed by atoms with Crippen LogP contribution in [0.1, 0.15) is 50.5 Å². The number of methoxy groups -OCH3 is 1. The maximum atomic E-state index is 6.47. The minimum Gasteiger partial charge on any atom is -0.377 e. The van der Waals surface area contributed by atoms with E-state index in [4.69, 9.17) is 10.5 Å². The predicted molar refractivity (Wildman–Crippen MR) is 76.9 cm³/mol. The highest BCUT2D eigenvalue weighted by molar-refractivity contribution is 5.05. The van der Waals surface area contributed by atoms with E-state index in [0.717, 1.165) is 25.7 Å². The molecule has 2 N–H and O–H groups in total. The Labute approximate surface area is 116 Å². The van der Waals surface area contributed by atoms with Gasteiger partial charge in [0.2, 0.25) is 0 Å². The summed E-state index contributed by atoms with van der Waals surface area (Å²) in [4.78, 5) is 0. The highest BCUT2D eigenvalue weighted by Gasteiger charge is 2.36. The first-order chi connectivity index (χ1) is 9.16. The van der Waals surface area contributed by atoms with Crippen molar-refractivity contribution in [3.63, 3.8) is 0 Å². The Morgan fingerprint density at radius 3 is 2.58 bits per heavy atom. The Bertz CT molecular complexity index is 380. The fraction of sp³-hybridized carbons (Fsp3) is 0.800. The van der Waals surface area contributed by atoms with Crippen LogP contribution in [0.5, 0.6) is 0 Å². The largest absolute Gasteiger partial charge is 0.377 e. The van der Waals surface area contributed by atoms with Crippen molar-refractivity contribution < 1.29 is 4.74 Å². The number of nitrogens with zero attached hydrogens (tertiary/aromatic N) is 2.